The van der Waals surface area contributed by atoms with E-state index in [2.05, 4.69) is 15.3 Å². The van der Waals surface area contributed by atoms with Crippen LogP contribution in [-0.2, 0) is 11.0 Å². The van der Waals surface area contributed by atoms with Crippen LogP contribution in [0.15, 0.2) is 12.3 Å². The number of nitrogens with one attached hydrogen (secondary N) is 1. The molecule has 0 spiro atoms. The third-order valence-corrected chi connectivity index (χ3v) is 2.88. The lowest BCUT2D eigenvalue weighted by atomic mass is 10.1. The first-order valence-corrected chi connectivity index (χ1v) is 5.85. The highest BCUT2D eigenvalue weighted by molar-refractivity contribution is 5.47. The molecule has 0 aromatic carbocycles. The Hall–Kier alpha value is -1.86. The predicted molar refractivity (Wildman–Crippen MR) is 61.3 cm³/mol. The quantitative estimate of drug-likeness (QED) is 0.849. The lowest BCUT2D eigenvalue weighted by Gasteiger charge is -2.30. The Bertz CT molecular complexity index is 452. The number of carbonyl (C=O) groups is 1. The Labute approximate surface area is 107 Å². The maximum Gasteiger partial charge on any atom is 0.433 e. The fourth-order valence-corrected chi connectivity index (χ4v) is 1.99. The minimum atomic E-state index is -4.49. The average Bonchev–Trinajstić information content (AvgIpc) is 2.38. The van der Waals surface area contributed by atoms with E-state index in [0.717, 1.165) is 31.5 Å². The van der Waals surface area contributed by atoms with Crippen molar-refractivity contribution in [1.82, 2.24) is 14.9 Å². The molecule has 1 N–H and O–H groups in total. The standard InChI is InChI=1S/C11H13F3N4O/c12-11(13,14)9-3-4-15-10(17-9)16-8-2-1-5-18(6-8)7-19/h3-4,7-8H,1-2,5-6H2,(H,15,16,17). The van der Waals surface area contributed by atoms with Crippen molar-refractivity contribution >= 4 is 12.4 Å². The van der Waals surface area contributed by atoms with Crippen molar-refractivity contribution in [3.05, 3.63) is 18.0 Å². The molecule has 2 heterocycles. The van der Waals surface area contributed by atoms with Crippen LogP contribution in [0.2, 0.25) is 0 Å². The highest BCUT2D eigenvalue weighted by Gasteiger charge is 2.33. The molecule has 8 heteroatoms. The number of piperidine rings is 1. The summed E-state index contributed by atoms with van der Waals surface area (Å²) in [5.41, 5.74) is -0.979. The molecule has 1 saturated heterocycles. The first-order chi connectivity index (χ1) is 8.99. The van der Waals surface area contributed by atoms with Crippen molar-refractivity contribution in [3.8, 4) is 0 Å². The number of rotatable bonds is 3. The van der Waals surface area contributed by atoms with Gasteiger partial charge in [0.2, 0.25) is 12.4 Å². The molecule has 0 aliphatic carbocycles. The van der Waals surface area contributed by atoms with Crippen LogP contribution in [0.4, 0.5) is 19.1 Å². The van der Waals surface area contributed by atoms with Crippen LogP contribution in [0.5, 0.6) is 0 Å². The zero-order valence-electron chi connectivity index (χ0n) is 10.0. The Balaban J connectivity index is 2.05. The molecule has 5 nitrogen and oxygen atoms in total. The van der Waals surface area contributed by atoms with E-state index < -0.39 is 11.9 Å². The van der Waals surface area contributed by atoms with E-state index in [1.807, 2.05) is 0 Å². The number of hydrogen-bond acceptors (Lipinski definition) is 4. The fourth-order valence-electron chi connectivity index (χ4n) is 1.99. The minimum absolute atomic E-state index is 0.0624. The topological polar surface area (TPSA) is 58.1 Å². The number of alkyl halides is 3. The molecule has 2 rings (SSSR count). The van der Waals surface area contributed by atoms with E-state index in [9.17, 15) is 18.0 Å². The van der Waals surface area contributed by atoms with Gasteiger partial charge in [0.05, 0.1) is 0 Å². The molecule has 1 amide bonds. The number of nitrogens with zero attached hydrogens (tertiary/aromatic N) is 3. The zero-order valence-corrected chi connectivity index (χ0v) is 10.0. The van der Waals surface area contributed by atoms with Crippen LogP contribution in [0.3, 0.4) is 0 Å². The van der Waals surface area contributed by atoms with Gasteiger partial charge in [-0.3, -0.25) is 4.79 Å². The largest absolute Gasteiger partial charge is 0.433 e. The number of amides is 1. The highest BCUT2D eigenvalue weighted by atomic mass is 19.4. The van der Waals surface area contributed by atoms with Crippen molar-refractivity contribution in [2.24, 2.45) is 0 Å². The second kappa shape index (κ2) is 5.41. The maximum absolute atomic E-state index is 12.5. The average molecular weight is 274 g/mol. The smallest absolute Gasteiger partial charge is 0.350 e. The van der Waals surface area contributed by atoms with Crippen LogP contribution in [-0.4, -0.2) is 40.4 Å². The Morgan fingerprint density at radius 2 is 2.26 bits per heavy atom. The molecule has 1 aromatic heterocycles. The van der Waals surface area contributed by atoms with Gasteiger partial charge in [0.25, 0.3) is 0 Å². The normalized spacial score (nSPS) is 20.2. The summed E-state index contributed by atoms with van der Waals surface area (Å²) in [6, 6.07) is 0.700. The molecule has 0 bridgehead atoms. The molecule has 1 aliphatic heterocycles. The van der Waals surface area contributed by atoms with Crippen molar-refractivity contribution in [3.63, 3.8) is 0 Å². The van der Waals surface area contributed by atoms with E-state index >= 15 is 0 Å². The second-order valence-corrected chi connectivity index (χ2v) is 4.35. The van der Waals surface area contributed by atoms with Crippen LogP contribution in [0, 0.1) is 0 Å². The molecular weight excluding hydrogens is 261 g/mol. The number of likely N-dealkylation sites (tertiary alicyclic amines) is 1. The second-order valence-electron chi connectivity index (χ2n) is 4.35. The fraction of sp³-hybridized carbons (Fsp3) is 0.545. The third-order valence-electron chi connectivity index (χ3n) is 2.88. The molecule has 1 unspecified atom stereocenters. The van der Waals surface area contributed by atoms with Gasteiger partial charge in [-0.25, -0.2) is 9.97 Å². The van der Waals surface area contributed by atoms with E-state index in [1.165, 1.54) is 0 Å². The van der Waals surface area contributed by atoms with E-state index in [4.69, 9.17) is 0 Å². The van der Waals surface area contributed by atoms with Gasteiger partial charge in [0.15, 0.2) is 0 Å². The van der Waals surface area contributed by atoms with Gasteiger partial charge >= 0.3 is 6.18 Å². The molecule has 1 aliphatic rings. The summed E-state index contributed by atoms with van der Waals surface area (Å²) in [5.74, 6) is -0.0624. The number of aromatic nitrogens is 2. The number of carbonyl (C=O) groups excluding carboxylic acids is 1. The van der Waals surface area contributed by atoms with Crippen molar-refractivity contribution in [2.75, 3.05) is 18.4 Å². The molecule has 19 heavy (non-hydrogen) atoms. The highest BCUT2D eigenvalue weighted by Crippen LogP contribution is 2.27. The summed E-state index contributed by atoms with van der Waals surface area (Å²) in [4.78, 5) is 19.4. The Kier molecular flexibility index (Phi) is 3.87. The molecule has 1 fully saturated rings. The van der Waals surface area contributed by atoms with Crippen molar-refractivity contribution in [1.29, 1.82) is 0 Å². The maximum atomic E-state index is 12.5. The predicted octanol–water partition coefficient (Wildman–Crippen LogP) is 1.53. The van der Waals surface area contributed by atoms with E-state index in [0.29, 0.717) is 13.1 Å². The van der Waals surface area contributed by atoms with Crippen molar-refractivity contribution in [2.45, 2.75) is 25.1 Å². The van der Waals surface area contributed by atoms with E-state index in [-0.39, 0.29) is 12.0 Å². The molecule has 104 valence electrons. The minimum Gasteiger partial charge on any atom is -0.350 e. The monoisotopic (exact) mass is 274 g/mol. The van der Waals surface area contributed by atoms with Gasteiger partial charge in [-0.1, -0.05) is 0 Å². The number of hydrogen-bond donors (Lipinski definition) is 1. The van der Waals surface area contributed by atoms with Crippen molar-refractivity contribution < 1.29 is 18.0 Å². The molecular formula is C11H13F3N4O. The van der Waals surface area contributed by atoms with Crippen LogP contribution in [0.1, 0.15) is 18.5 Å². The summed E-state index contributed by atoms with van der Waals surface area (Å²) in [7, 11) is 0. The summed E-state index contributed by atoms with van der Waals surface area (Å²) in [6.45, 7) is 1.12. The Morgan fingerprint density at radius 3 is 2.95 bits per heavy atom. The summed E-state index contributed by atoms with van der Waals surface area (Å²) < 4.78 is 37.5. The molecule has 1 atom stereocenters. The molecule has 0 radical (unpaired) electrons. The lowest BCUT2D eigenvalue weighted by molar-refractivity contribution is -0.141. The summed E-state index contributed by atoms with van der Waals surface area (Å²) in [6.07, 6.45) is -1.11. The first kappa shape index (κ1) is 13.6. The third kappa shape index (κ3) is 3.55. The Morgan fingerprint density at radius 1 is 1.47 bits per heavy atom. The van der Waals surface area contributed by atoms with Gasteiger partial charge in [0.1, 0.15) is 5.69 Å². The lowest BCUT2D eigenvalue weighted by Crippen LogP contribution is -2.41. The summed E-state index contributed by atoms with van der Waals surface area (Å²) in [5, 5.41) is 2.83. The van der Waals surface area contributed by atoms with Crippen LogP contribution >= 0.6 is 0 Å². The van der Waals surface area contributed by atoms with Crippen LogP contribution in [0.25, 0.3) is 0 Å². The van der Waals surface area contributed by atoms with Crippen LogP contribution < -0.4 is 5.32 Å². The molecule has 0 saturated carbocycles. The summed E-state index contributed by atoms with van der Waals surface area (Å²) >= 11 is 0. The number of halogens is 3. The van der Waals surface area contributed by atoms with Gasteiger partial charge in [-0.15, -0.1) is 0 Å². The van der Waals surface area contributed by atoms with Gasteiger partial charge in [-0.2, -0.15) is 13.2 Å². The van der Waals surface area contributed by atoms with E-state index in [1.54, 1.807) is 4.90 Å². The SMILES string of the molecule is O=CN1CCCC(Nc2nccc(C(F)(F)F)n2)C1. The zero-order chi connectivity index (χ0) is 13.9. The van der Waals surface area contributed by atoms with Gasteiger partial charge in [0, 0.05) is 25.3 Å². The van der Waals surface area contributed by atoms with Gasteiger partial charge < -0.3 is 10.2 Å². The van der Waals surface area contributed by atoms with Gasteiger partial charge in [-0.05, 0) is 18.9 Å². The first-order valence-electron chi connectivity index (χ1n) is 5.85. The number of anilines is 1. The molecule has 1 aromatic rings.